The van der Waals surface area contributed by atoms with E-state index in [0.29, 0.717) is 11.2 Å². The average molecular weight is 356 g/mol. The Labute approximate surface area is 149 Å². The fourth-order valence-electron chi connectivity index (χ4n) is 2.58. The van der Waals surface area contributed by atoms with Gasteiger partial charge in [0.2, 0.25) is 5.91 Å². The third-order valence-electron chi connectivity index (χ3n) is 3.67. The molecule has 0 spiro atoms. The summed E-state index contributed by atoms with van der Waals surface area (Å²) in [5, 5.41) is 8.05. The number of nitrogens with zero attached hydrogens (tertiary/aromatic N) is 3. The van der Waals surface area contributed by atoms with E-state index in [2.05, 4.69) is 15.4 Å². The Morgan fingerprint density at radius 1 is 1.24 bits per heavy atom. The molecule has 3 rings (SSSR count). The van der Waals surface area contributed by atoms with Crippen LogP contribution in [-0.4, -0.2) is 26.7 Å². The summed E-state index contributed by atoms with van der Waals surface area (Å²) in [7, 11) is 0. The molecule has 7 heteroatoms. The average Bonchev–Trinajstić information content (AvgIpc) is 2.92. The third-order valence-corrected chi connectivity index (χ3v) is 4.65. The van der Waals surface area contributed by atoms with Crippen LogP contribution in [-0.2, 0) is 11.3 Å². The summed E-state index contributed by atoms with van der Waals surface area (Å²) in [6, 6.07) is 7.93. The predicted octanol–water partition coefficient (Wildman–Crippen LogP) is 2.66. The van der Waals surface area contributed by atoms with Crippen LogP contribution >= 0.6 is 11.3 Å². The third kappa shape index (κ3) is 3.61. The van der Waals surface area contributed by atoms with Gasteiger partial charge in [0.1, 0.15) is 12.2 Å². The number of aryl methyl sites for hydroxylation is 2. The van der Waals surface area contributed by atoms with Gasteiger partial charge in [0.15, 0.2) is 5.52 Å². The molecule has 0 aliphatic carbocycles. The number of thiazole rings is 1. The summed E-state index contributed by atoms with van der Waals surface area (Å²) >= 11 is 1.44. The van der Waals surface area contributed by atoms with Crippen LogP contribution in [0.5, 0.6) is 0 Å². The normalized spacial score (nSPS) is 11.2. The van der Waals surface area contributed by atoms with Crippen LogP contribution in [0.4, 0.5) is 0 Å². The van der Waals surface area contributed by atoms with Gasteiger partial charge in [0, 0.05) is 11.6 Å². The van der Waals surface area contributed by atoms with Crippen molar-refractivity contribution in [1.29, 1.82) is 0 Å². The highest BCUT2D eigenvalue weighted by atomic mass is 32.1. The molecular formula is C18H20N4O2S. The molecule has 1 N–H and O–H groups in total. The fraction of sp³-hybridized carbons (Fsp3) is 0.333. The topological polar surface area (TPSA) is 76.9 Å². The minimum Gasteiger partial charge on any atom is -0.352 e. The van der Waals surface area contributed by atoms with Gasteiger partial charge in [-0.3, -0.25) is 9.59 Å². The summed E-state index contributed by atoms with van der Waals surface area (Å²) < 4.78 is 1.96. The zero-order valence-corrected chi connectivity index (χ0v) is 15.5. The first-order valence-electron chi connectivity index (χ1n) is 8.10. The Kier molecular flexibility index (Phi) is 4.67. The van der Waals surface area contributed by atoms with Crippen molar-refractivity contribution in [3.05, 3.63) is 45.2 Å². The first-order chi connectivity index (χ1) is 11.8. The Balaban J connectivity index is 2.15. The minimum atomic E-state index is -0.339. The highest BCUT2D eigenvalue weighted by Gasteiger charge is 2.18. The molecule has 25 heavy (non-hydrogen) atoms. The SMILES string of the molecule is Cc1ccc(-c2nn(CC(=O)NC(C)C)c(=O)c3nc(C)sc23)cc1. The first kappa shape index (κ1) is 17.3. The van der Waals surface area contributed by atoms with Crippen molar-refractivity contribution in [2.75, 3.05) is 0 Å². The van der Waals surface area contributed by atoms with Crippen molar-refractivity contribution in [1.82, 2.24) is 20.1 Å². The largest absolute Gasteiger partial charge is 0.352 e. The molecule has 0 radical (unpaired) electrons. The highest BCUT2D eigenvalue weighted by molar-refractivity contribution is 7.19. The van der Waals surface area contributed by atoms with Crippen molar-refractivity contribution in [3.63, 3.8) is 0 Å². The number of hydrogen-bond donors (Lipinski definition) is 1. The Morgan fingerprint density at radius 3 is 2.56 bits per heavy atom. The Morgan fingerprint density at radius 2 is 1.92 bits per heavy atom. The lowest BCUT2D eigenvalue weighted by molar-refractivity contribution is -0.122. The summed E-state index contributed by atoms with van der Waals surface area (Å²) in [4.78, 5) is 29.1. The summed E-state index contributed by atoms with van der Waals surface area (Å²) in [5.41, 5.74) is 2.75. The lowest BCUT2D eigenvalue weighted by Crippen LogP contribution is -2.37. The fourth-order valence-corrected chi connectivity index (χ4v) is 3.49. The van der Waals surface area contributed by atoms with E-state index in [9.17, 15) is 9.59 Å². The summed E-state index contributed by atoms with van der Waals surface area (Å²) in [5.74, 6) is -0.245. The number of rotatable bonds is 4. The second kappa shape index (κ2) is 6.76. The van der Waals surface area contributed by atoms with Crippen LogP contribution in [0, 0.1) is 13.8 Å². The molecule has 3 aromatic rings. The van der Waals surface area contributed by atoms with Gasteiger partial charge in [-0.15, -0.1) is 11.3 Å². The van der Waals surface area contributed by atoms with Crippen LogP contribution in [0.2, 0.25) is 0 Å². The summed E-state index contributed by atoms with van der Waals surface area (Å²) in [6.07, 6.45) is 0. The molecule has 0 bridgehead atoms. The van der Waals surface area contributed by atoms with E-state index in [1.807, 2.05) is 52.0 Å². The first-order valence-corrected chi connectivity index (χ1v) is 8.91. The van der Waals surface area contributed by atoms with Crippen LogP contribution in [0.1, 0.15) is 24.4 Å². The monoisotopic (exact) mass is 356 g/mol. The van der Waals surface area contributed by atoms with E-state index in [0.717, 1.165) is 20.8 Å². The van der Waals surface area contributed by atoms with E-state index in [1.54, 1.807) is 0 Å². The molecule has 0 unspecified atom stereocenters. The zero-order chi connectivity index (χ0) is 18.1. The maximum absolute atomic E-state index is 12.7. The summed E-state index contributed by atoms with van der Waals surface area (Å²) in [6.45, 7) is 7.50. The van der Waals surface area contributed by atoms with E-state index in [4.69, 9.17) is 0 Å². The lowest BCUT2D eigenvalue weighted by Gasteiger charge is -2.11. The maximum Gasteiger partial charge on any atom is 0.294 e. The van der Waals surface area contributed by atoms with Crippen molar-refractivity contribution in [2.45, 2.75) is 40.3 Å². The standard InChI is InChI=1S/C18H20N4O2S/c1-10(2)19-14(23)9-22-18(24)16-17(25-12(4)20-16)15(21-22)13-7-5-11(3)6-8-13/h5-8,10H,9H2,1-4H3,(H,19,23). The van der Waals surface area contributed by atoms with Gasteiger partial charge in [-0.2, -0.15) is 5.10 Å². The molecule has 2 heterocycles. The van der Waals surface area contributed by atoms with Gasteiger partial charge in [0.25, 0.3) is 5.56 Å². The van der Waals surface area contributed by atoms with E-state index >= 15 is 0 Å². The smallest absolute Gasteiger partial charge is 0.294 e. The van der Waals surface area contributed by atoms with Gasteiger partial charge in [-0.05, 0) is 27.7 Å². The molecule has 130 valence electrons. The molecular weight excluding hydrogens is 336 g/mol. The number of benzene rings is 1. The predicted molar refractivity (Wildman–Crippen MR) is 99.9 cm³/mol. The zero-order valence-electron chi connectivity index (χ0n) is 14.7. The molecule has 2 aromatic heterocycles. The van der Waals surface area contributed by atoms with E-state index in [1.165, 1.54) is 16.0 Å². The number of hydrogen-bond acceptors (Lipinski definition) is 5. The molecule has 1 amide bonds. The molecule has 0 fully saturated rings. The number of nitrogens with one attached hydrogen (secondary N) is 1. The van der Waals surface area contributed by atoms with Crippen LogP contribution in [0.3, 0.4) is 0 Å². The van der Waals surface area contributed by atoms with Gasteiger partial charge in [0.05, 0.1) is 9.71 Å². The quantitative estimate of drug-likeness (QED) is 0.780. The number of carbonyl (C=O) groups is 1. The number of aromatic nitrogens is 3. The molecule has 1 aromatic carbocycles. The lowest BCUT2D eigenvalue weighted by atomic mass is 10.1. The van der Waals surface area contributed by atoms with Gasteiger partial charge < -0.3 is 5.32 Å². The maximum atomic E-state index is 12.7. The molecule has 0 saturated heterocycles. The van der Waals surface area contributed by atoms with Crippen molar-refractivity contribution in [3.8, 4) is 11.3 Å². The molecule has 6 nitrogen and oxygen atoms in total. The van der Waals surface area contributed by atoms with Gasteiger partial charge >= 0.3 is 0 Å². The minimum absolute atomic E-state index is 0.00465. The number of fused-ring (bicyclic) bond motifs is 1. The van der Waals surface area contributed by atoms with Gasteiger partial charge in [-0.1, -0.05) is 29.8 Å². The van der Waals surface area contributed by atoms with Crippen LogP contribution in [0.25, 0.3) is 21.5 Å². The van der Waals surface area contributed by atoms with E-state index < -0.39 is 0 Å². The van der Waals surface area contributed by atoms with E-state index in [-0.39, 0.29) is 24.1 Å². The molecule has 0 saturated carbocycles. The van der Waals surface area contributed by atoms with Gasteiger partial charge in [-0.25, -0.2) is 9.67 Å². The molecule has 0 aliphatic heterocycles. The second-order valence-electron chi connectivity index (χ2n) is 6.31. The number of amides is 1. The van der Waals surface area contributed by atoms with Crippen molar-refractivity contribution < 1.29 is 4.79 Å². The molecule has 0 aliphatic rings. The molecule has 0 atom stereocenters. The van der Waals surface area contributed by atoms with Crippen LogP contribution in [0.15, 0.2) is 29.1 Å². The van der Waals surface area contributed by atoms with Crippen molar-refractivity contribution in [2.24, 2.45) is 0 Å². The van der Waals surface area contributed by atoms with Crippen molar-refractivity contribution >= 4 is 27.5 Å². The highest BCUT2D eigenvalue weighted by Crippen LogP contribution is 2.29. The second-order valence-corrected chi connectivity index (χ2v) is 7.51. The Bertz CT molecular complexity index is 987. The van der Waals surface area contributed by atoms with Crippen LogP contribution < -0.4 is 10.9 Å². The Hall–Kier alpha value is -2.54. The number of carbonyl (C=O) groups excluding carboxylic acids is 1.